The van der Waals surface area contributed by atoms with Crippen molar-refractivity contribution in [2.45, 2.75) is 46.6 Å². The molecule has 0 spiro atoms. The van der Waals surface area contributed by atoms with Crippen molar-refractivity contribution in [1.82, 2.24) is 14.7 Å². The first-order valence-electron chi connectivity index (χ1n) is 8.14. The summed E-state index contributed by atoms with van der Waals surface area (Å²) in [5.41, 5.74) is 0. The third-order valence-corrected chi connectivity index (χ3v) is 4.24. The minimum Gasteiger partial charge on any atom is -0.306 e. The van der Waals surface area contributed by atoms with Gasteiger partial charge in [-0.1, -0.05) is 13.8 Å². The van der Waals surface area contributed by atoms with Gasteiger partial charge in [-0.05, 0) is 59.3 Å². The Balaban J connectivity index is 2.04. The summed E-state index contributed by atoms with van der Waals surface area (Å²) in [5.74, 6) is 0.826. The molecule has 3 nitrogen and oxygen atoms in total. The van der Waals surface area contributed by atoms with Crippen LogP contribution in [0.2, 0.25) is 0 Å². The number of piperazine rings is 1. The number of hydrogen-bond acceptors (Lipinski definition) is 3. The van der Waals surface area contributed by atoms with E-state index < -0.39 is 0 Å². The van der Waals surface area contributed by atoms with Crippen molar-refractivity contribution in [3.05, 3.63) is 0 Å². The van der Waals surface area contributed by atoms with E-state index in [1.54, 1.807) is 0 Å². The molecule has 0 radical (unpaired) electrons. The lowest BCUT2D eigenvalue weighted by Crippen LogP contribution is -2.49. The smallest absolute Gasteiger partial charge is 0.0113 e. The molecule has 0 aromatic rings. The van der Waals surface area contributed by atoms with Gasteiger partial charge >= 0.3 is 0 Å². The van der Waals surface area contributed by atoms with Gasteiger partial charge in [0.15, 0.2) is 0 Å². The summed E-state index contributed by atoms with van der Waals surface area (Å²) < 4.78 is 0. The molecule has 0 atom stereocenters. The van der Waals surface area contributed by atoms with Crippen LogP contribution >= 0.6 is 0 Å². The van der Waals surface area contributed by atoms with Crippen molar-refractivity contribution in [3.8, 4) is 0 Å². The van der Waals surface area contributed by atoms with E-state index in [0.717, 1.165) is 5.92 Å². The molecule has 19 heavy (non-hydrogen) atoms. The highest BCUT2D eigenvalue weighted by atomic mass is 15.3. The van der Waals surface area contributed by atoms with Crippen LogP contribution in [0.3, 0.4) is 0 Å². The highest BCUT2D eigenvalue weighted by Gasteiger charge is 2.18. The molecule has 1 rings (SSSR count). The highest BCUT2D eigenvalue weighted by Crippen LogP contribution is 2.06. The first-order chi connectivity index (χ1) is 8.99. The van der Waals surface area contributed by atoms with Crippen molar-refractivity contribution in [1.29, 1.82) is 0 Å². The normalized spacial score (nSPS) is 18.9. The third kappa shape index (κ3) is 7.28. The van der Waals surface area contributed by atoms with E-state index in [0.29, 0.717) is 6.04 Å². The van der Waals surface area contributed by atoms with E-state index in [4.69, 9.17) is 0 Å². The second kappa shape index (κ2) is 8.93. The number of rotatable bonds is 8. The standard InChI is InChI=1S/C16H35N3/c1-15(2)7-10-17(5)8-6-9-18-11-13-19(14-12-18)16(3)4/h15-16H,6-14H2,1-5H3. The van der Waals surface area contributed by atoms with Gasteiger partial charge in [-0.3, -0.25) is 4.90 Å². The Hall–Kier alpha value is -0.120. The predicted molar refractivity (Wildman–Crippen MR) is 84.7 cm³/mol. The summed E-state index contributed by atoms with van der Waals surface area (Å²) in [5, 5.41) is 0. The Morgan fingerprint density at radius 3 is 2.11 bits per heavy atom. The quantitative estimate of drug-likeness (QED) is 0.670. The Morgan fingerprint density at radius 2 is 1.58 bits per heavy atom. The zero-order chi connectivity index (χ0) is 14.3. The van der Waals surface area contributed by atoms with Crippen molar-refractivity contribution in [2.75, 3.05) is 52.9 Å². The van der Waals surface area contributed by atoms with Crippen LogP contribution in [-0.2, 0) is 0 Å². The van der Waals surface area contributed by atoms with E-state index in [9.17, 15) is 0 Å². The maximum Gasteiger partial charge on any atom is 0.0113 e. The van der Waals surface area contributed by atoms with Crippen LogP contribution < -0.4 is 0 Å². The maximum absolute atomic E-state index is 2.63. The van der Waals surface area contributed by atoms with Crippen LogP contribution in [0.1, 0.15) is 40.5 Å². The van der Waals surface area contributed by atoms with E-state index in [-0.39, 0.29) is 0 Å². The molecule has 1 heterocycles. The molecule has 3 heteroatoms. The van der Waals surface area contributed by atoms with Gasteiger partial charge in [-0.15, -0.1) is 0 Å². The van der Waals surface area contributed by atoms with E-state index in [1.807, 2.05) is 0 Å². The van der Waals surface area contributed by atoms with Crippen molar-refractivity contribution < 1.29 is 0 Å². The molecule has 1 aliphatic rings. The molecule has 0 bridgehead atoms. The molecule has 1 fully saturated rings. The van der Waals surface area contributed by atoms with E-state index in [1.165, 1.54) is 58.7 Å². The van der Waals surface area contributed by atoms with E-state index in [2.05, 4.69) is 49.4 Å². The Labute approximate surface area is 120 Å². The first-order valence-corrected chi connectivity index (χ1v) is 8.14. The summed E-state index contributed by atoms with van der Waals surface area (Å²) in [6, 6.07) is 0.712. The van der Waals surface area contributed by atoms with Gasteiger partial charge in [0.1, 0.15) is 0 Å². The lowest BCUT2D eigenvalue weighted by atomic mass is 10.1. The Bertz CT molecular complexity index is 220. The number of nitrogens with zero attached hydrogens (tertiary/aromatic N) is 3. The maximum atomic E-state index is 2.63. The molecule has 0 saturated carbocycles. The van der Waals surface area contributed by atoms with Gasteiger partial charge in [-0.2, -0.15) is 0 Å². The monoisotopic (exact) mass is 269 g/mol. The van der Waals surface area contributed by atoms with Gasteiger partial charge in [0, 0.05) is 32.2 Å². The molecule has 0 aromatic heterocycles. The average Bonchev–Trinajstić information content (AvgIpc) is 2.37. The second-order valence-electron chi connectivity index (χ2n) is 6.81. The SMILES string of the molecule is CC(C)CCN(C)CCCN1CCN(C(C)C)CC1. The largest absolute Gasteiger partial charge is 0.306 e. The van der Waals surface area contributed by atoms with E-state index >= 15 is 0 Å². The van der Waals surface area contributed by atoms with Crippen LogP contribution in [0.25, 0.3) is 0 Å². The zero-order valence-corrected chi connectivity index (χ0v) is 13.9. The van der Waals surface area contributed by atoms with Crippen molar-refractivity contribution >= 4 is 0 Å². The number of hydrogen-bond donors (Lipinski definition) is 0. The molecule has 114 valence electrons. The van der Waals surface area contributed by atoms with Gasteiger partial charge in [-0.25, -0.2) is 0 Å². The highest BCUT2D eigenvalue weighted by molar-refractivity contribution is 4.74. The topological polar surface area (TPSA) is 9.72 Å². The summed E-state index contributed by atoms with van der Waals surface area (Å²) in [4.78, 5) is 7.71. The zero-order valence-electron chi connectivity index (χ0n) is 13.9. The molecule has 0 aromatic carbocycles. The predicted octanol–water partition coefficient (Wildman–Crippen LogP) is 2.38. The fourth-order valence-electron chi connectivity index (χ4n) is 2.66. The summed E-state index contributed by atoms with van der Waals surface area (Å²) in [6.45, 7) is 18.0. The fourth-order valence-corrected chi connectivity index (χ4v) is 2.66. The van der Waals surface area contributed by atoms with Gasteiger partial charge in [0.25, 0.3) is 0 Å². The molecular weight excluding hydrogens is 234 g/mol. The first kappa shape index (κ1) is 16.9. The van der Waals surface area contributed by atoms with Crippen LogP contribution in [-0.4, -0.2) is 73.6 Å². The van der Waals surface area contributed by atoms with Gasteiger partial charge in [0.05, 0.1) is 0 Å². The summed E-state index contributed by atoms with van der Waals surface area (Å²) in [6.07, 6.45) is 2.64. The minimum atomic E-state index is 0.712. The van der Waals surface area contributed by atoms with Crippen LogP contribution in [0.5, 0.6) is 0 Å². The molecule has 0 aliphatic carbocycles. The second-order valence-corrected chi connectivity index (χ2v) is 6.81. The lowest BCUT2D eigenvalue weighted by molar-refractivity contribution is 0.105. The van der Waals surface area contributed by atoms with Crippen LogP contribution in [0, 0.1) is 5.92 Å². The molecule has 1 saturated heterocycles. The van der Waals surface area contributed by atoms with Crippen molar-refractivity contribution in [3.63, 3.8) is 0 Å². The van der Waals surface area contributed by atoms with Gasteiger partial charge < -0.3 is 9.80 Å². The van der Waals surface area contributed by atoms with Crippen molar-refractivity contribution in [2.24, 2.45) is 5.92 Å². The summed E-state index contributed by atoms with van der Waals surface area (Å²) >= 11 is 0. The Kier molecular flexibility index (Phi) is 7.96. The average molecular weight is 269 g/mol. The molecule has 0 unspecified atom stereocenters. The lowest BCUT2D eigenvalue weighted by Gasteiger charge is -2.37. The van der Waals surface area contributed by atoms with Crippen LogP contribution in [0.15, 0.2) is 0 Å². The summed E-state index contributed by atoms with van der Waals surface area (Å²) in [7, 11) is 2.26. The minimum absolute atomic E-state index is 0.712. The molecule has 0 amide bonds. The molecule has 0 N–H and O–H groups in total. The van der Waals surface area contributed by atoms with Crippen LogP contribution in [0.4, 0.5) is 0 Å². The van der Waals surface area contributed by atoms with Gasteiger partial charge in [0.2, 0.25) is 0 Å². The Morgan fingerprint density at radius 1 is 0.947 bits per heavy atom. The fraction of sp³-hybridized carbons (Fsp3) is 1.00. The molecule has 1 aliphatic heterocycles. The molecular formula is C16H35N3. The third-order valence-electron chi connectivity index (χ3n) is 4.24.